The largest absolute Gasteiger partial charge is 0.408 e. The van der Waals surface area contributed by atoms with Crippen LogP contribution in [0.15, 0.2) is 22.0 Å². The number of nitrogens with two attached hydrogens (primary N) is 1. The summed E-state index contributed by atoms with van der Waals surface area (Å²) in [6.45, 7) is 0.423. The third kappa shape index (κ3) is 4.04. The minimum absolute atomic E-state index is 0.103. The van der Waals surface area contributed by atoms with Gasteiger partial charge in [0.25, 0.3) is 0 Å². The Morgan fingerprint density at radius 1 is 1.50 bits per heavy atom. The molecule has 1 aliphatic rings. The van der Waals surface area contributed by atoms with Crippen molar-refractivity contribution in [2.75, 3.05) is 13.6 Å². The average Bonchev–Trinajstić information content (AvgIpc) is 3.15. The summed E-state index contributed by atoms with van der Waals surface area (Å²) >= 11 is 0. The number of allylic oxidation sites excluding steroid dienone is 1. The molecular formula is C11H18F3N6+. The van der Waals surface area contributed by atoms with Crippen LogP contribution in [0.4, 0.5) is 13.2 Å². The van der Waals surface area contributed by atoms with Crippen LogP contribution in [0.2, 0.25) is 0 Å². The molecule has 0 bridgehead atoms. The third-order valence-electron chi connectivity index (χ3n) is 2.92. The zero-order valence-electron chi connectivity index (χ0n) is 11.3. The van der Waals surface area contributed by atoms with Crippen LogP contribution in [-0.2, 0) is 0 Å². The fourth-order valence-corrected chi connectivity index (χ4v) is 1.76. The molecule has 4 N–H and O–H groups in total. The molecule has 0 unspecified atom stereocenters. The lowest BCUT2D eigenvalue weighted by Gasteiger charge is -2.21. The van der Waals surface area contributed by atoms with Crippen molar-refractivity contribution in [2.24, 2.45) is 15.9 Å². The van der Waals surface area contributed by atoms with Crippen molar-refractivity contribution < 1.29 is 18.2 Å². The van der Waals surface area contributed by atoms with E-state index in [1.165, 1.54) is 13.2 Å². The van der Waals surface area contributed by atoms with Gasteiger partial charge in [-0.05, 0) is 6.92 Å². The molecule has 0 heterocycles. The highest BCUT2D eigenvalue weighted by Gasteiger charge is 2.57. The molecule has 9 heteroatoms. The van der Waals surface area contributed by atoms with E-state index in [4.69, 9.17) is 11.3 Å². The van der Waals surface area contributed by atoms with Gasteiger partial charge in [0.15, 0.2) is 12.1 Å². The standard InChI is InChI=1S/C11H17F3N6/c1-8(5-15)6-18-10(3-4-10)9(17-2)20(19-16)7-11(12,13)14/h5-6,16H,3-4,7,15H2,1-2H3/p+1/b8-5-,17-9?,18-6?,19-16?. The van der Waals surface area contributed by atoms with E-state index in [0.717, 1.165) is 5.57 Å². The Kier molecular flexibility index (Phi) is 4.85. The summed E-state index contributed by atoms with van der Waals surface area (Å²) < 4.78 is 37.4. The lowest BCUT2D eigenvalue weighted by Crippen LogP contribution is -2.83. The number of alkyl halides is 3. The van der Waals surface area contributed by atoms with Gasteiger partial charge in [-0.2, -0.15) is 18.7 Å². The molecule has 0 saturated heterocycles. The van der Waals surface area contributed by atoms with Gasteiger partial charge < -0.3 is 5.73 Å². The predicted octanol–water partition coefficient (Wildman–Crippen LogP) is 0.371. The van der Waals surface area contributed by atoms with Crippen LogP contribution in [0, 0.1) is 5.53 Å². The minimum Gasteiger partial charge on any atom is -0.404 e. The highest BCUT2D eigenvalue weighted by atomic mass is 19.4. The van der Waals surface area contributed by atoms with Crippen molar-refractivity contribution in [2.45, 2.75) is 31.5 Å². The first-order valence-electron chi connectivity index (χ1n) is 5.96. The monoisotopic (exact) mass is 291 g/mol. The van der Waals surface area contributed by atoms with Gasteiger partial charge in [0.05, 0.1) is 0 Å². The van der Waals surface area contributed by atoms with Gasteiger partial charge in [-0.15, -0.1) is 0 Å². The van der Waals surface area contributed by atoms with E-state index in [1.807, 2.05) is 0 Å². The van der Waals surface area contributed by atoms with Crippen LogP contribution in [0.3, 0.4) is 0 Å². The number of amidine groups is 1. The molecule has 6 nitrogen and oxygen atoms in total. The molecule has 0 aromatic rings. The van der Waals surface area contributed by atoms with Gasteiger partial charge in [-0.25, -0.2) is 10.0 Å². The lowest BCUT2D eigenvalue weighted by atomic mass is 10.2. The number of halogens is 3. The third-order valence-corrected chi connectivity index (χ3v) is 2.92. The number of nitrogens with one attached hydrogen (secondary N) is 2. The molecule has 0 spiro atoms. The molecule has 0 radical (unpaired) electrons. The van der Waals surface area contributed by atoms with Crippen LogP contribution >= 0.6 is 0 Å². The molecular weight excluding hydrogens is 273 g/mol. The fourth-order valence-electron chi connectivity index (χ4n) is 1.76. The molecule has 0 aromatic carbocycles. The molecule has 0 atom stereocenters. The van der Waals surface area contributed by atoms with Gasteiger partial charge in [0.1, 0.15) is 6.54 Å². The first-order valence-corrected chi connectivity index (χ1v) is 5.96. The van der Waals surface area contributed by atoms with E-state index in [9.17, 15) is 13.2 Å². The second kappa shape index (κ2) is 6.02. The smallest absolute Gasteiger partial charge is 0.404 e. The zero-order valence-corrected chi connectivity index (χ0v) is 11.3. The maximum atomic E-state index is 12.5. The topological polar surface area (TPSA) is 91.8 Å². The summed E-state index contributed by atoms with van der Waals surface area (Å²) in [5.41, 5.74) is 12.3. The van der Waals surface area contributed by atoms with E-state index in [-0.39, 0.29) is 5.84 Å². The van der Waals surface area contributed by atoms with Crippen molar-refractivity contribution >= 4 is 12.1 Å². The number of nitrogens with zero attached hydrogens (tertiary/aromatic N) is 3. The van der Waals surface area contributed by atoms with Crippen molar-refractivity contribution in [3.05, 3.63) is 11.8 Å². The predicted molar refractivity (Wildman–Crippen MR) is 68.2 cm³/mol. The summed E-state index contributed by atoms with van der Waals surface area (Å²) in [6, 6.07) is 0. The summed E-state index contributed by atoms with van der Waals surface area (Å²) in [4.78, 5) is 6.89. The first-order chi connectivity index (χ1) is 9.28. The normalized spacial score (nSPS) is 19.2. The maximum absolute atomic E-state index is 12.5. The number of rotatable bonds is 5. The molecule has 1 fully saturated rings. The van der Waals surface area contributed by atoms with Crippen LogP contribution in [0.1, 0.15) is 19.8 Å². The highest BCUT2D eigenvalue weighted by molar-refractivity contribution is 5.93. The van der Waals surface area contributed by atoms with E-state index >= 15 is 0 Å². The minimum atomic E-state index is -4.45. The molecule has 0 aromatic heterocycles. The Labute approximate surface area is 114 Å². The summed E-state index contributed by atoms with van der Waals surface area (Å²) in [6.07, 6.45) is -0.203. The summed E-state index contributed by atoms with van der Waals surface area (Å²) in [7, 11) is 1.39. The van der Waals surface area contributed by atoms with Crippen molar-refractivity contribution in [1.29, 1.82) is 5.53 Å². The Bertz CT molecular complexity index is 448. The Balaban J connectivity index is 2.95. The Morgan fingerprint density at radius 3 is 2.45 bits per heavy atom. The molecule has 0 aliphatic heterocycles. The second-order valence-electron chi connectivity index (χ2n) is 4.60. The van der Waals surface area contributed by atoms with Gasteiger partial charge in [-0.1, -0.05) is 5.22 Å². The molecule has 20 heavy (non-hydrogen) atoms. The van der Waals surface area contributed by atoms with Gasteiger partial charge >= 0.3 is 6.18 Å². The summed E-state index contributed by atoms with van der Waals surface area (Å²) in [5.74, 6) is 0.103. The fraction of sp³-hybridized carbons (Fsp3) is 0.636. The Hall–Kier alpha value is -1.93. The van der Waals surface area contributed by atoms with Crippen molar-refractivity contribution in [3.63, 3.8) is 0 Å². The van der Waals surface area contributed by atoms with Crippen molar-refractivity contribution in [3.8, 4) is 0 Å². The van der Waals surface area contributed by atoms with E-state index in [1.54, 1.807) is 13.1 Å². The second-order valence-corrected chi connectivity index (χ2v) is 4.60. The van der Waals surface area contributed by atoms with E-state index < -0.39 is 18.3 Å². The SMILES string of the molecule is CN=C(N(CC(F)(F)F)N=N)C1([NH+]=C/C(C)=C\N)CC1. The van der Waals surface area contributed by atoms with Crippen molar-refractivity contribution in [1.82, 2.24) is 5.01 Å². The van der Waals surface area contributed by atoms with E-state index in [2.05, 4.69) is 15.2 Å². The molecule has 1 saturated carbocycles. The van der Waals surface area contributed by atoms with E-state index in [0.29, 0.717) is 17.9 Å². The summed E-state index contributed by atoms with van der Waals surface area (Å²) in [5, 5.41) is 3.50. The van der Waals surface area contributed by atoms with Gasteiger partial charge in [0, 0.05) is 31.7 Å². The zero-order chi connectivity index (χ0) is 15.4. The van der Waals surface area contributed by atoms with Gasteiger partial charge in [-0.3, -0.25) is 4.99 Å². The van der Waals surface area contributed by atoms with Crippen LogP contribution in [0.5, 0.6) is 0 Å². The van der Waals surface area contributed by atoms with Crippen LogP contribution < -0.4 is 10.7 Å². The maximum Gasteiger partial charge on any atom is 0.408 e. The average molecular weight is 291 g/mol. The molecule has 0 amide bonds. The highest BCUT2D eigenvalue weighted by Crippen LogP contribution is 2.34. The quantitative estimate of drug-likeness (QED) is 0.295. The Morgan fingerprint density at radius 2 is 2.10 bits per heavy atom. The molecule has 1 rings (SSSR count). The number of aliphatic imine (C=N–C) groups is 1. The molecule has 1 aliphatic carbocycles. The van der Waals surface area contributed by atoms with Gasteiger partial charge in [0.2, 0.25) is 5.54 Å². The lowest BCUT2D eigenvalue weighted by molar-refractivity contribution is -0.494. The first kappa shape index (κ1) is 16.1. The molecule has 112 valence electrons. The van der Waals surface area contributed by atoms with Crippen LogP contribution in [0.25, 0.3) is 0 Å². The number of hydrogen-bond acceptors (Lipinski definition) is 4. The number of hydrogen-bond donors (Lipinski definition) is 3. The van der Waals surface area contributed by atoms with Crippen LogP contribution in [-0.4, -0.2) is 42.4 Å².